The van der Waals surface area contributed by atoms with Gasteiger partial charge in [-0.1, -0.05) is 41.9 Å². The number of rotatable bonds is 4. The van der Waals surface area contributed by atoms with Gasteiger partial charge in [0, 0.05) is 18.0 Å². The first-order valence-electron chi connectivity index (χ1n) is 8.69. The highest BCUT2D eigenvalue weighted by Crippen LogP contribution is 2.27. The van der Waals surface area contributed by atoms with Gasteiger partial charge in [0.25, 0.3) is 5.91 Å². The summed E-state index contributed by atoms with van der Waals surface area (Å²) >= 11 is 5.98. The van der Waals surface area contributed by atoms with Gasteiger partial charge >= 0.3 is 0 Å². The Kier molecular flexibility index (Phi) is 4.94. The van der Waals surface area contributed by atoms with Gasteiger partial charge in [0.05, 0.1) is 11.4 Å². The molecule has 0 bridgehead atoms. The van der Waals surface area contributed by atoms with Crippen molar-refractivity contribution in [1.29, 1.82) is 0 Å². The number of aromatic nitrogens is 3. The standard InChI is InChI=1S/C19H17ClN6O2/c20-12-6-7-13-14(9-12)21-10-15(18(27)22-13)23-19(28)17-24-16(25-26-17)8-11-4-2-1-3-5-11/h1-7,9,15,21H,8,10H2,(H,22,27)(H,23,28)(H,24,25,26)/t15-/m0/s1. The molecule has 1 atom stereocenters. The van der Waals surface area contributed by atoms with E-state index in [1.807, 2.05) is 30.3 Å². The lowest BCUT2D eigenvalue weighted by molar-refractivity contribution is -0.117. The first kappa shape index (κ1) is 18.0. The number of nitrogens with one attached hydrogen (secondary N) is 4. The van der Waals surface area contributed by atoms with Crippen molar-refractivity contribution in [2.24, 2.45) is 0 Å². The zero-order valence-electron chi connectivity index (χ0n) is 14.7. The van der Waals surface area contributed by atoms with Crippen molar-refractivity contribution < 1.29 is 9.59 Å². The molecule has 0 saturated heterocycles. The Bertz CT molecular complexity index is 1020. The summed E-state index contributed by atoms with van der Waals surface area (Å²) < 4.78 is 0. The van der Waals surface area contributed by atoms with Crippen LogP contribution >= 0.6 is 11.6 Å². The molecule has 0 aliphatic carbocycles. The van der Waals surface area contributed by atoms with Crippen LogP contribution in [0, 0.1) is 0 Å². The third kappa shape index (κ3) is 3.96. The minimum absolute atomic E-state index is 0.0106. The van der Waals surface area contributed by atoms with Crippen LogP contribution in [0.4, 0.5) is 11.4 Å². The minimum atomic E-state index is -0.783. The van der Waals surface area contributed by atoms with Crippen molar-refractivity contribution in [2.75, 3.05) is 17.2 Å². The lowest BCUT2D eigenvalue weighted by Crippen LogP contribution is -2.47. The highest BCUT2D eigenvalue weighted by atomic mass is 35.5. The second kappa shape index (κ2) is 7.69. The number of anilines is 2. The number of fused-ring (bicyclic) bond motifs is 1. The first-order valence-corrected chi connectivity index (χ1v) is 9.06. The van der Waals surface area contributed by atoms with E-state index >= 15 is 0 Å². The average molecular weight is 397 g/mol. The number of H-pyrrole nitrogens is 1. The van der Waals surface area contributed by atoms with Crippen molar-refractivity contribution in [3.8, 4) is 0 Å². The molecular formula is C19H17ClN6O2. The number of carbonyl (C=O) groups excluding carboxylic acids is 2. The monoisotopic (exact) mass is 396 g/mol. The van der Waals surface area contributed by atoms with Crippen LogP contribution in [0.3, 0.4) is 0 Å². The number of hydrogen-bond donors (Lipinski definition) is 4. The summed E-state index contributed by atoms with van der Waals surface area (Å²) in [5, 5.41) is 15.8. The number of nitrogens with zero attached hydrogens (tertiary/aromatic N) is 2. The van der Waals surface area contributed by atoms with Gasteiger partial charge in [-0.05, 0) is 23.8 Å². The van der Waals surface area contributed by atoms with E-state index in [9.17, 15) is 9.59 Å². The van der Waals surface area contributed by atoms with Gasteiger partial charge in [0.15, 0.2) is 0 Å². The number of benzene rings is 2. The largest absolute Gasteiger partial charge is 0.381 e. The summed E-state index contributed by atoms with van der Waals surface area (Å²) in [6, 6.07) is 14.1. The van der Waals surface area contributed by atoms with Gasteiger partial charge < -0.3 is 16.0 Å². The Morgan fingerprint density at radius 2 is 2.00 bits per heavy atom. The Hall–Kier alpha value is -3.39. The van der Waals surface area contributed by atoms with Crippen LogP contribution in [-0.4, -0.2) is 39.6 Å². The summed E-state index contributed by atoms with van der Waals surface area (Å²) in [5.41, 5.74) is 2.35. The zero-order valence-corrected chi connectivity index (χ0v) is 15.5. The molecule has 0 unspecified atom stereocenters. The summed E-state index contributed by atoms with van der Waals surface area (Å²) in [5.74, 6) is -0.297. The zero-order chi connectivity index (χ0) is 19.5. The average Bonchev–Trinajstić information content (AvgIpc) is 3.10. The Balaban J connectivity index is 1.42. The quantitative estimate of drug-likeness (QED) is 0.540. The molecule has 4 N–H and O–H groups in total. The molecule has 9 heteroatoms. The van der Waals surface area contributed by atoms with Crippen LogP contribution in [0.15, 0.2) is 48.5 Å². The van der Waals surface area contributed by atoms with Gasteiger partial charge in [-0.3, -0.25) is 14.7 Å². The first-order chi connectivity index (χ1) is 13.6. The van der Waals surface area contributed by atoms with Gasteiger partial charge in [-0.2, -0.15) is 0 Å². The van der Waals surface area contributed by atoms with E-state index in [-0.39, 0.29) is 18.3 Å². The topological polar surface area (TPSA) is 112 Å². The summed E-state index contributed by atoms with van der Waals surface area (Å²) in [7, 11) is 0. The molecule has 0 saturated carbocycles. The lowest BCUT2D eigenvalue weighted by atomic mass is 10.1. The van der Waals surface area contributed by atoms with Gasteiger partial charge in [-0.25, -0.2) is 4.98 Å². The Morgan fingerprint density at radius 1 is 1.18 bits per heavy atom. The van der Waals surface area contributed by atoms with Gasteiger partial charge in [0.1, 0.15) is 11.9 Å². The van der Waals surface area contributed by atoms with E-state index in [4.69, 9.17) is 11.6 Å². The Morgan fingerprint density at radius 3 is 2.82 bits per heavy atom. The second-order valence-electron chi connectivity index (χ2n) is 6.35. The van der Waals surface area contributed by atoms with Crippen molar-refractivity contribution in [2.45, 2.75) is 12.5 Å². The van der Waals surface area contributed by atoms with Crippen molar-refractivity contribution in [1.82, 2.24) is 20.5 Å². The summed E-state index contributed by atoms with van der Waals surface area (Å²) in [4.78, 5) is 29.1. The lowest BCUT2D eigenvalue weighted by Gasteiger charge is -2.14. The fourth-order valence-electron chi connectivity index (χ4n) is 2.90. The molecule has 4 rings (SSSR count). The van der Waals surface area contributed by atoms with Crippen LogP contribution in [0.2, 0.25) is 5.02 Å². The minimum Gasteiger partial charge on any atom is -0.381 e. The molecule has 8 nitrogen and oxygen atoms in total. The van der Waals surface area contributed by atoms with Crippen LogP contribution in [0.1, 0.15) is 22.0 Å². The summed E-state index contributed by atoms with van der Waals surface area (Å²) in [6.07, 6.45) is 0.530. The molecule has 2 heterocycles. The molecule has 1 aliphatic rings. The number of carbonyl (C=O) groups is 2. The number of amides is 2. The number of aromatic amines is 1. The predicted molar refractivity (Wildman–Crippen MR) is 105 cm³/mol. The van der Waals surface area contributed by atoms with E-state index in [0.29, 0.717) is 28.6 Å². The highest BCUT2D eigenvalue weighted by molar-refractivity contribution is 6.31. The fraction of sp³-hybridized carbons (Fsp3) is 0.158. The molecule has 0 fully saturated rings. The molecule has 142 valence electrons. The molecule has 2 aromatic carbocycles. The van der Waals surface area contributed by atoms with Gasteiger partial charge in [-0.15, -0.1) is 5.10 Å². The third-order valence-corrected chi connectivity index (χ3v) is 4.54. The molecule has 1 aliphatic heterocycles. The van der Waals surface area contributed by atoms with Crippen molar-refractivity contribution >= 4 is 34.8 Å². The van der Waals surface area contributed by atoms with E-state index < -0.39 is 11.9 Å². The maximum atomic E-state index is 12.5. The molecule has 0 spiro atoms. The van der Waals surface area contributed by atoms with Crippen LogP contribution in [0.25, 0.3) is 0 Å². The molecule has 3 aromatic rings. The fourth-order valence-corrected chi connectivity index (χ4v) is 3.07. The smallest absolute Gasteiger partial charge is 0.291 e. The highest BCUT2D eigenvalue weighted by Gasteiger charge is 2.26. The Labute approximate surface area is 165 Å². The van der Waals surface area contributed by atoms with Gasteiger partial charge in [0.2, 0.25) is 11.7 Å². The van der Waals surface area contributed by atoms with Crippen LogP contribution in [-0.2, 0) is 11.2 Å². The predicted octanol–water partition coefficient (Wildman–Crippen LogP) is 2.21. The third-order valence-electron chi connectivity index (χ3n) is 4.31. The van der Waals surface area contributed by atoms with E-state index in [2.05, 4.69) is 31.1 Å². The molecule has 28 heavy (non-hydrogen) atoms. The molecular weight excluding hydrogens is 380 g/mol. The molecule has 0 radical (unpaired) electrons. The number of hydrogen-bond acceptors (Lipinski definition) is 5. The maximum Gasteiger partial charge on any atom is 0.291 e. The maximum absolute atomic E-state index is 12.5. The van der Waals surface area contributed by atoms with E-state index in [0.717, 1.165) is 5.56 Å². The van der Waals surface area contributed by atoms with E-state index in [1.54, 1.807) is 18.2 Å². The molecule has 2 amide bonds. The normalized spacial score (nSPS) is 15.8. The van der Waals surface area contributed by atoms with Crippen LogP contribution < -0.4 is 16.0 Å². The van der Waals surface area contributed by atoms with Crippen molar-refractivity contribution in [3.05, 3.63) is 70.8 Å². The molecule has 1 aromatic heterocycles. The van der Waals surface area contributed by atoms with E-state index in [1.165, 1.54) is 0 Å². The SMILES string of the molecule is O=C(N[C@H]1CNc2cc(Cl)ccc2NC1=O)c1n[nH]c(Cc2ccccc2)n1. The number of halogens is 1. The van der Waals surface area contributed by atoms with Crippen molar-refractivity contribution in [3.63, 3.8) is 0 Å². The van der Waals surface area contributed by atoms with Crippen LogP contribution in [0.5, 0.6) is 0 Å². The second-order valence-corrected chi connectivity index (χ2v) is 6.79. The summed E-state index contributed by atoms with van der Waals surface area (Å²) in [6.45, 7) is 0.214.